The summed E-state index contributed by atoms with van der Waals surface area (Å²) in [5.41, 5.74) is 5.93. The second kappa shape index (κ2) is 5.95. The predicted molar refractivity (Wildman–Crippen MR) is 85.4 cm³/mol. The highest BCUT2D eigenvalue weighted by atomic mass is 32.2. The molecule has 0 saturated heterocycles. The molecular formula is C14H14N2O3S2. The van der Waals surface area contributed by atoms with Crippen molar-refractivity contribution >= 4 is 44.8 Å². The van der Waals surface area contributed by atoms with Crippen molar-refractivity contribution in [2.75, 3.05) is 19.5 Å². The van der Waals surface area contributed by atoms with E-state index in [1.165, 1.54) is 15.0 Å². The van der Waals surface area contributed by atoms with E-state index in [-0.39, 0.29) is 6.61 Å². The Morgan fingerprint density at radius 3 is 3.10 bits per heavy atom. The van der Waals surface area contributed by atoms with Gasteiger partial charge < -0.3 is 15.3 Å². The zero-order valence-electron chi connectivity index (χ0n) is 11.4. The zero-order chi connectivity index (χ0) is 14.8. The van der Waals surface area contributed by atoms with Gasteiger partial charge in [-0.3, -0.25) is 4.79 Å². The topological polar surface area (TPSA) is 73.9 Å². The number of carbonyl (C=O) groups excluding carboxylic acids is 1. The number of nitrogens with two attached hydrogens (primary N) is 1. The van der Waals surface area contributed by atoms with Crippen molar-refractivity contribution in [1.29, 1.82) is 0 Å². The van der Waals surface area contributed by atoms with E-state index in [0.717, 1.165) is 28.5 Å². The Hall–Kier alpha value is -1.73. The Kier molecular flexibility index (Phi) is 4.03. The summed E-state index contributed by atoms with van der Waals surface area (Å²) in [7, 11) is 1.66. The van der Waals surface area contributed by atoms with Crippen molar-refractivity contribution < 1.29 is 14.4 Å². The van der Waals surface area contributed by atoms with E-state index in [2.05, 4.69) is 11.2 Å². The van der Waals surface area contributed by atoms with Gasteiger partial charge in [-0.1, -0.05) is 5.16 Å². The average Bonchev–Trinajstić information content (AvgIpc) is 2.85. The normalized spacial score (nSPS) is 16.0. The fourth-order valence-corrected chi connectivity index (χ4v) is 4.66. The van der Waals surface area contributed by atoms with Crippen LogP contribution in [-0.4, -0.2) is 31.1 Å². The third-order valence-electron chi connectivity index (χ3n) is 3.08. The Bertz CT molecular complexity index is 724. The number of thiophene rings is 1. The molecule has 1 amide bonds. The smallest absolute Gasteiger partial charge is 0.258 e. The molecule has 0 fully saturated rings. The van der Waals surface area contributed by atoms with E-state index in [0.29, 0.717) is 0 Å². The monoisotopic (exact) mass is 322 g/mol. The number of ether oxygens (including phenoxy) is 1. The van der Waals surface area contributed by atoms with Gasteiger partial charge >= 0.3 is 0 Å². The van der Waals surface area contributed by atoms with E-state index in [9.17, 15) is 4.79 Å². The van der Waals surface area contributed by atoms with Gasteiger partial charge in [0.15, 0.2) is 6.61 Å². The third kappa shape index (κ3) is 2.84. The van der Waals surface area contributed by atoms with Gasteiger partial charge in [0.1, 0.15) is 5.75 Å². The number of oxime groups is 1. The second-order valence-electron chi connectivity index (χ2n) is 4.50. The van der Waals surface area contributed by atoms with Crippen LogP contribution in [0.25, 0.3) is 10.1 Å². The molecule has 0 atom stereocenters. The highest BCUT2D eigenvalue weighted by Crippen LogP contribution is 2.43. The van der Waals surface area contributed by atoms with Crippen LogP contribution < -0.4 is 10.5 Å². The number of primary amides is 1. The maximum absolute atomic E-state index is 10.7. The van der Waals surface area contributed by atoms with Crippen LogP contribution in [-0.2, 0) is 9.63 Å². The van der Waals surface area contributed by atoms with Crippen molar-refractivity contribution in [1.82, 2.24) is 0 Å². The molecule has 1 aromatic heterocycles. The fraction of sp³-hybridized carbons (Fsp3) is 0.286. The molecule has 0 spiro atoms. The maximum atomic E-state index is 10.7. The number of amides is 1. The van der Waals surface area contributed by atoms with Gasteiger partial charge in [-0.15, -0.1) is 23.1 Å². The second-order valence-corrected chi connectivity index (χ2v) is 6.66. The molecule has 0 bridgehead atoms. The number of nitrogens with zero attached hydrogens (tertiary/aromatic N) is 1. The molecule has 2 N–H and O–H groups in total. The molecule has 5 nitrogen and oxygen atoms in total. The number of thioether (sulfide) groups is 1. The molecular weight excluding hydrogens is 308 g/mol. The lowest BCUT2D eigenvalue weighted by Crippen LogP contribution is -2.17. The minimum atomic E-state index is -0.522. The quantitative estimate of drug-likeness (QED) is 0.878. The van der Waals surface area contributed by atoms with Crippen molar-refractivity contribution in [3.8, 4) is 5.75 Å². The molecule has 0 unspecified atom stereocenters. The first-order valence-corrected chi connectivity index (χ1v) is 8.20. The van der Waals surface area contributed by atoms with E-state index >= 15 is 0 Å². The number of rotatable bonds is 4. The molecule has 0 aliphatic carbocycles. The van der Waals surface area contributed by atoms with E-state index in [1.54, 1.807) is 18.4 Å². The van der Waals surface area contributed by atoms with Crippen LogP contribution in [0, 0.1) is 0 Å². The molecule has 2 heterocycles. The molecule has 110 valence electrons. The van der Waals surface area contributed by atoms with Crippen molar-refractivity contribution in [2.24, 2.45) is 10.9 Å². The van der Waals surface area contributed by atoms with Gasteiger partial charge in [-0.2, -0.15) is 0 Å². The molecule has 7 heteroatoms. The van der Waals surface area contributed by atoms with Gasteiger partial charge in [0.2, 0.25) is 0 Å². The summed E-state index contributed by atoms with van der Waals surface area (Å²) in [5, 5.41) is 5.27. The maximum Gasteiger partial charge on any atom is 0.258 e. The summed E-state index contributed by atoms with van der Waals surface area (Å²) in [5.74, 6) is 1.26. The Morgan fingerprint density at radius 1 is 1.48 bits per heavy atom. The van der Waals surface area contributed by atoms with Crippen molar-refractivity contribution in [3.63, 3.8) is 0 Å². The lowest BCUT2D eigenvalue weighted by molar-refractivity contribution is -0.122. The molecule has 1 aliphatic heterocycles. The van der Waals surface area contributed by atoms with Crippen LogP contribution in [0.15, 0.2) is 28.3 Å². The van der Waals surface area contributed by atoms with Crippen LogP contribution >= 0.6 is 23.1 Å². The van der Waals surface area contributed by atoms with E-state index < -0.39 is 5.91 Å². The molecule has 2 aromatic rings. The van der Waals surface area contributed by atoms with Gasteiger partial charge in [0.25, 0.3) is 5.91 Å². The first-order valence-electron chi connectivity index (χ1n) is 6.40. The van der Waals surface area contributed by atoms with Gasteiger partial charge in [-0.25, -0.2) is 0 Å². The lowest BCUT2D eigenvalue weighted by Gasteiger charge is -2.13. The Balaban J connectivity index is 1.99. The standard InChI is InChI=1S/C14H14N2O3S2/c1-18-8-2-3-11-9(6-8)13-14(21-11)10(4-5-20-13)16-19-7-12(15)17/h2-3,6H,4-5,7H2,1H3,(H2,15,17). The summed E-state index contributed by atoms with van der Waals surface area (Å²) in [6.07, 6.45) is 0.820. The SMILES string of the molecule is COc1ccc2sc3c(c2c1)SCCC3=NOCC(N)=O. The van der Waals surface area contributed by atoms with Crippen LogP contribution in [0.1, 0.15) is 11.3 Å². The first kappa shape index (κ1) is 14.2. The molecule has 1 aliphatic rings. The summed E-state index contributed by atoms with van der Waals surface area (Å²) >= 11 is 3.50. The lowest BCUT2D eigenvalue weighted by atomic mass is 10.2. The van der Waals surface area contributed by atoms with E-state index in [4.69, 9.17) is 15.3 Å². The van der Waals surface area contributed by atoms with Crippen LogP contribution in [0.2, 0.25) is 0 Å². The van der Waals surface area contributed by atoms with Gasteiger partial charge in [0, 0.05) is 27.2 Å². The van der Waals surface area contributed by atoms with Crippen molar-refractivity contribution in [3.05, 3.63) is 23.1 Å². The number of benzene rings is 1. The molecule has 21 heavy (non-hydrogen) atoms. The zero-order valence-corrected chi connectivity index (χ0v) is 13.1. The highest BCUT2D eigenvalue weighted by Gasteiger charge is 2.22. The summed E-state index contributed by atoms with van der Waals surface area (Å²) in [6.45, 7) is -0.190. The van der Waals surface area contributed by atoms with Crippen LogP contribution in [0.3, 0.4) is 0 Å². The first-order chi connectivity index (χ1) is 10.2. The predicted octanol–water partition coefficient (Wildman–Crippen LogP) is 2.61. The minimum absolute atomic E-state index is 0.190. The number of methoxy groups -OCH3 is 1. The molecule has 3 rings (SSSR count). The van der Waals surface area contributed by atoms with Gasteiger partial charge in [-0.05, 0) is 18.2 Å². The number of carbonyl (C=O) groups is 1. The molecule has 1 aromatic carbocycles. The van der Waals surface area contributed by atoms with Gasteiger partial charge in [0.05, 0.1) is 17.7 Å². The summed E-state index contributed by atoms with van der Waals surface area (Å²) in [4.78, 5) is 18.0. The highest BCUT2D eigenvalue weighted by molar-refractivity contribution is 7.99. The van der Waals surface area contributed by atoms with Crippen LogP contribution in [0.4, 0.5) is 0 Å². The summed E-state index contributed by atoms with van der Waals surface area (Å²) < 4.78 is 6.48. The minimum Gasteiger partial charge on any atom is -0.497 e. The Morgan fingerprint density at radius 2 is 2.33 bits per heavy atom. The van der Waals surface area contributed by atoms with Crippen LogP contribution in [0.5, 0.6) is 5.75 Å². The Labute approximate surface area is 130 Å². The van der Waals surface area contributed by atoms with Crippen molar-refractivity contribution in [2.45, 2.75) is 11.3 Å². The number of hydrogen-bond donors (Lipinski definition) is 1. The number of fused-ring (bicyclic) bond motifs is 3. The molecule has 0 radical (unpaired) electrons. The van der Waals surface area contributed by atoms with E-state index in [1.807, 2.05) is 23.9 Å². The summed E-state index contributed by atoms with van der Waals surface area (Å²) in [6, 6.07) is 6.06. The molecule has 0 saturated carbocycles. The fourth-order valence-electron chi connectivity index (χ4n) is 2.14. The largest absolute Gasteiger partial charge is 0.497 e. The number of hydrogen-bond acceptors (Lipinski definition) is 6. The third-order valence-corrected chi connectivity index (χ3v) is 5.55. The average molecular weight is 322 g/mol.